The Morgan fingerprint density at radius 3 is 2.43 bits per heavy atom. The van der Waals surface area contributed by atoms with Gasteiger partial charge in [0, 0.05) is 36.4 Å². The van der Waals surface area contributed by atoms with Crippen LogP contribution >= 0.6 is 11.6 Å². The summed E-state index contributed by atoms with van der Waals surface area (Å²) in [7, 11) is 0. The Kier molecular flexibility index (Phi) is 9.79. The van der Waals surface area contributed by atoms with Gasteiger partial charge in [0.25, 0.3) is 0 Å². The number of hydrogen-bond donors (Lipinski definition) is 1. The van der Waals surface area contributed by atoms with Crippen LogP contribution in [-0.4, -0.2) is 57.5 Å². The first-order valence-electron chi connectivity index (χ1n) is 17.5. The van der Waals surface area contributed by atoms with Crippen LogP contribution in [0.15, 0.2) is 42.5 Å². The number of imidazole rings is 1. The van der Waals surface area contributed by atoms with Crippen molar-refractivity contribution in [2.24, 2.45) is 0 Å². The van der Waals surface area contributed by atoms with Crippen molar-refractivity contribution in [3.05, 3.63) is 69.9 Å². The maximum atomic E-state index is 12.9. The molecule has 4 aromatic rings. The highest BCUT2D eigenvalue weighted by atomic mass is 35.5. The van der Waals surface area contributed by atoms with Crippen molar-refractivity contribution in [2.75, 3.05) is 24.6 Å². The van der Waals surface area contributed by atoms with Gasteiger partial charge in [-0.1, -0.05) is 29.8 Å². The van der Waals surface area contributed by atoms with Gasteiger partial charge in [0.05, 0.1) is 17.3 Å². The van der Waals surface area contributed by atoms with Crippen LogP contribution in [0.25, 0.3) is 28.0 Å². The van der Waals surface area contributed by atoms with Crippen molar-refractivity contribution in [3.8, 4) is 28.1 Å². The summed E-state index contributed by atoms with van der Waals surface area (Å²) >= 11 is 7.37. The molecule has 0 saturated carbocycles. The fourth-order valence-electron chi connectivity index (χ4n) is 7.10. The van der Waals surface area contributed by atoms with Crippen LogP contribution in [0.2, 0.25) is 5.15 Å². The van der Waals surface area contributed by atoms with Gasteiger partial charge in [-0.15, -0.1) is 0 Å². The van der Waals surface area contributed by atoms with Gasteiger partial charge < -0.3 is 24.2 Å². The first-order chi connectivity index (χ1) is 23.1. The molecule has 262 valence electrons. The van der Waals surface area contributed by atoms with Crippen LogP contribution in [0.3, 0.4) is 0 Å². The van der Waals surface area contributed by atoms with E-state index < -0.39 is 17.7 Å². The molecule has 0 amide bonds. The Morgan fingerprint density at radius 1 is 1.04 bits per heavy atom. The van der Waals surface area contributed by atoms with E-state index in [0.717, 1.165) is 60.1 Å². The van der Waals surface area contributed by atoms with Crippen molar-refractivity contribution in [1.82, 2.24) is 9.38 Å². The van der Waals surface area contributed by atoms with Crippen LogP contribution in [0.1, 0.15) is 95.1 Å². The minimum Gasteiger partial charge on any atom is -0.490 e. The highest BCUT2D eigenvalue weighted by molar-refractivity contribution is 6.32. The van der Waals surface area contributed by atoms with Crippen LogP contribution in [-0.2, 0) is 14.3 Å². The maximum absolute atomic E-state index is 12.9. The fraction of sp³-hybridized carbons (Fsp3) is 0.500. The summed E-state index contributed by atoms with van der Waals surface area (Å²) in [5.74, 6) is 0.523. The van der Waals surface area contributed by atoms with Gasteiger partial charge in [-0.05, 0) is 134 Å². The monoisotopic (exact) mass is 687 g/mol. The summed E-state index contributed by atoms with van der Waals surface area (Å²) < 4.78 is 21.4. The van der Waals surface area contributed by atoms with E-state index in [1.54, 1.807) is 0 Å². The van der Waals surface area contributed by atoms with E-state index in [1.165, 1.54) is 11.1 Å². The first-order valence-corrected chi connectivity index (χ1v) is 17.9. The van der Waals surface area contributed by atoms with E-state index >= 15 is 0 Å². The molecule has 5 heterocycles. The van der Waals surface area contributed by atoms with Gasteiger partial charge in [0.2, 0.25) is 0 Å². The molecule has 49 heavy (non-hydrogen) atoms. The quantitative estimate of drug-likeness (QED) is 0.230. The standard InChI is InChI=1S/C40H50ClN3O5/c1-24-20-30-28-13-11-14-29(23-28)34-36(41)44-32(42-34)22-26(3)33(35(38(45)46)49-39(5,6)7)37(44)43-17-15-40(8,16-18-43)47-19-10-9-12-27(4)48-31(30)21-25(24)2/h11,13-14,20-23,27,35H,9-10,12,15-19H2,1-8H3,(H,45,46)/t27-,35-/m0/s1. The lowest BCUT2D eigenvalue weighted by atomic mass is 9.92. The number of piperidine rings is 1. The zero-order valence-corrected chi connectivity index (χ0v) is 30.9. The third-order valence-corrected chi connectivity index (χ3v) is 10.3. The van der Waals surface area contributed by atoms with Gasteiger partial charge >= 0.3 is 5.97 Å². The predicted octanol–water partition coefficient (Wildman–Crippen LogP) is 9.51. The number of hydrogen-bond acceptors (Lipinski definition) is 6. The molecule has 1 N–H and O–H groups in total. The van der Waals surface area contributed by atoms with E-state index in [2.05, 4.69) is 56.9 Å². The number of halogens is 1. The number of aromatic nitrogens is 2. The number of fused-ring (bicyclic) bond motifs is 8. The Morgan fingerprint density at radius 2 is 1.73 bits per heavy atom. The molecule has 2 aromatic carbocycles. The zero-order chi connectivity index (χ0) is 35.2. The molecule has 0 unspecified atom stereocenters. The average molecular weight is 688 g/mol. The smallest absolute Gasteiger partial charge is 0.337 e. The number of aliphatic carboxylic acids is 1. The maximum Gasteiger partial charge on any atom is 0.337 e. The second-order valence-electron chi connectivity index (χ2n) is 15.2. The van der Waals surface area contributed by atoms with E-state index in [4.69, 9.17) is 30.8 Å². The molecule has 0 aliphatic carbocycles. The normalized spacial score (nSPS) is 21.0. The average Bonchev–Trinajstić information content (AvgIpc) is 3.35. The Labute approximate surface area is 295 Å². The predicted molar refractivity (Wildman–Crippen MR) is 196 cm³/mol. The molecule has 2 aromatic heterocycles. The molecular formula is C40H50ClN3O5. The van der Waals surface area contributed by atoms with Crippen molar-refractivity contribution in [3.63, 3.8) is 0 Å². The number of carboxylic acid groups (broad SMARTS) is 1. The topological polar surface area (TPSA) is 85.5 Å². The van der Waals surface area contributed by atoms with E-state index in [-0.39, 0.29) is 11.7 Å². The van der Waals surface area contributed by atoms with E-state index in [0.29, 0.717) is 47.6 Å². The van der Waals surface area contributed by atoms with Gasteiger partial charge in [0.15, 0.2) is 6.10 Å². The van der Waals surface area contributed by atoms with Crippen molar-refractivity contribution < 1.29 is 24.1 Å². The highest BCUT2D eigenvalue weighted by Crippen LogP contribution is 2.43. The Hall–Kier alpha value is -3.59. The molecular weight excluding hydrogens is 638 g/mol. The summed E-state index contributed by atoms with van der Waals surface area (Å²) in [6.07, 6.45) is 3.31. The van der Waals surface area contributed by atoms with Crippen LogP contribution < -0.4 is 9.64 Å². The van der Waals surface area contributed by atoms with Crippen LogP contribution in [0, 0.1) is 20.8 Å². The zero-order valence-electron chi connectivity index (χ0n) is 30.2. The van der Waals surface area contributed by atoms with Crippen molar-refractivity contribution in [2.45, 2.75) is 111 Å². The second kappa shape index (κ2) is 13.6. The van der Waals surface area contributed by atoms with Crippen LogP contribution in [0.4, 0.5) is 5.82 Å². The molecule has 0 spiro atoms. The molecule has 1 saturated heterocycles. The Balaban J connectivity index is 1.58. The number of carboxylic acids is 1. The minimum absolute atomic E-state index is 0.0501. The summed E-state index contributed by atoms with van der Waals surface area (Å²) in [6.45, 7) is 18.2. The Bertz CT molecular complexity index is 1870. The summed E-state index contributed by atoms with van der Waals surface area (Å²) in [6, 6.07) is 14.5. The number of ether oxygens (including phenoxy) is 3. The van der Waals surface area contributed by atoms with Gasteiger partial charge in [-0.2, -0.15) is 0 Å². The lowest BCUT2D eigenvalue weighted by molar-refractivity contribution is -0.160. The summed E-state index contributed by atoms with van der Waals surface area (Å²) in [4.78, 5) is 20.3. The molecule has 8 nitrogen and oxygen atoms in total. The van der Waals surface area contributed by atoms with E-state index in [9.17, 15) is 9.90 Å². The molecule has 2 atom stereocenters. The molecule has 9 heteroatoms. The number of nitrogens with zero attached hydrogens (tertiary/aromatic N) is 3. The van der Waals surface area contributed by atoms with E-state index in [1.807, 2.05) is 50.3 Å². The number of benzene rings is 2. The number of aryl methyl sites for hydroxylation is 3. The molecule has 1 fully saturated rings. The second-order valence-corrected chi connectivity index (χ2v) is 15.5. The first kappa shape index (κ1) is 35.2. The number of carbonyl (C=O) groups is 1. The third-order valence-electron chi connectivity index (χ3n) is 9.98. The lowest BCUT2D eigenvalue weighted by Crippen LogP contribution is -2.45. The number of rotatable bonds is 3. The summed E-state index contributed by atoms with van der Waals surface area (Å²) in [5.41, 5.74) is 6.95. The highest BCUT2D eigenvalue weighted by Gasteiger charge is 2.38. The fourth-order valence-corrected chi connectivity index (χ4v) is 7.42. The molecule has 3 aliphatic heterocycles. The number of pyridine rings is 1. The van der Waals surface area contributed by atoms with Crippen molar-refractivity contribution in [1.29, 1.82) is 0 Å². The van der Waals surface area contributed by atoms with Crippen molar-refractivity contribution >= 4 is 29.0 Å². The molecule has 3 aliphatic rings. The van der Waals surface area contributed by atoms with Crippen LogP contribution in [0.5, 0.6) is 5.75 Å². The molecule has 6 bridgehead atoms. The van der Waals surface area contributed by atoms with Gasteiger partial charge in [0.1, 0.15) is 28.1 Å². The minimum atomic E-state index is -1.20. The number of anilines is 1. The third kappa shape index (κ3) is 7.33. The van der Waals surface area contributed by atoms with Gasteiger partial charge in [-0.25, -0.2) is 9.78 Å². The van der Waals surface area contributed by atoms with Gasteiger partial charge in [-0.3, -0.25) is 4.40 Å². The summed E-state index contributed by atoms with van der Waals surface area (Å²) in [5, 5.41) is 11.0. The molecule has 0 radical (unpaired) electrons. The lowest BCUT2D eigenvalue weighted by Gasteiger charge is -2.42. The SMILES string of the molecule is Cc1cc2c(cc1C)-c1cccc(c1)-c1nc3cc(C)c([C@H](OC(C)(C)C)C(=O)O)c(n3c1Cl)N1CCC(C)(CC1)OCCCC[C@H](C)O2. The molecule has 7 rings (SSSR count). The largest absolute Gasteiger partial charge is 0.490 e.